The lowest BCUT2D eigenvalue weighted by Gasteiger charge is -2.26. The van der Waals surface area contributed by atoms with Gasteiger partial charge in [-0.15, -0.1) is 11.8 Å². The standard InChI is InChI=1S/C21H23ClN2O4S2/c22-19-9-8-18(30(26,27)24-10-12-28-13-11-24)15-20(19)23-21(25)16-29-14-4-7-17-5-2-1-3-6-17/h1-9,15H,10-14,16H2,(H,23,25). The predicted octanol–water partition coefficient (Wildman–Crippen LogP) is 3.75. The summed E-state index contributed by atoms with van der Waals surface area (Å²) in [5.41, 5.74) is 1.39. The number of hydrogen-bond acceptors (Lipinski definition) is 5. The zero-order chi connectivity index (χ0) is 21.4. The van der Waals surface area contributed by atoms with E-state index in [0.717, 1.165) is 5.56 Å². The maximum absolute atomic E-state index is 12.8. The second-order valence-corrected chi connectivity index (χ2v) is 9.91. The molecule has 3 rings (SSSR count). The minimum absolute atomic E-state index is 0.0996. The molecule has 9 heteroatoms. The number of anilines is 1. The smallest absolute Gasteiger partial charge is 0.243 e. The molecule has 0 saturated carbocycles. The number of carbonyl (C=O) groups excluding carboxylic acids is 1. The topological polar surface area (TPSA) is 75.7 Å². The van der Waals surface area contributed by atoms with Crippen LogP contribution >= 0.6 is 23.4 Å². The number of amides is 1. The lowest BCUT2D eigenvalue weighted by molar-refractivity contribution is -0.113. The first kappa shape index (κ1) is 22.8. The number of nitrogens with one attached hydrogen (secondary N) is 1. The van der Waals surface area contributed by atoms with Crippen LogP contribution in [0, 0.1) is 0 Å². The fourth-order valence-corrected chi connectivity index (χ4v) is 5.06. The average Bonchev–Trinajstić information content (AvgIpc) is 2.76. The maximum atomic E-state index is 12.8. The molecular weight excluding hydrogens is 444 g/mol. The second-order valence-electron chi connectivity index (χ2n) is 6.53. The van der Waals surface area contributed by atoms with Gasteiger partial charge in [-0.05, 0) is 23.8 Å². The number of carbonyl (C=O) groups is 1. The van der Waals surface area contributed by atoms with Crippen molar-refractivity contribution in [2.24, 2.45) is 0 Å². The molecule has 6 nitrogen and oxygen atoms in total. The third-order valence-corrected chi connectivity index (χ3v) is 7.50. The Bertz CT molecular complexity index is 991. The number of rotatable bonds is 8. The van der Waals surface area contributed by atoms with Crippen LogP contribution in [0.4, 0.5) is 5.69 Å². The monoisotopic (exact) mass is 466 g/mol. The number of hydrogen-bond donors (Lipinski definition) is 1. The van der Waals surface area contributed by atoms with Crippen molar-refractivity contribution in [1.82, 2.24) is 4.31 Å². The third-order valence-electron chi connectivity index (χ3n) is 4.38. The van der Waals surface area contributed by atoms with E-state index in [1.54, 1.807) is 0 Å². The van der Waals surface area contributed by atoms with Gasteiger partial charge in [-0.25, -0.2) is 8.42 Å². The van der Waals surface area contributed by atoms with Crippen LogP contribution in [0.25, 0.3) is 6.08 Å². The summed E-state index contributed by atoms with van der Waals surface area (Å²) in [6.45, 7) is 1.35. The molecule has 0 radical (unpaired) electrons. The summed E-state index contributed by atoms with van der Waals surface area (Å²) >= 11 is 7.62. The Hall–Kier alpha value is -1.84. The number of sulfonamides is 1. The Morgan fingerprint density at radius 2 is 1.90 bits per heavy atom. The van der Waals surface area contributed by atoms with E-state index in [2.05, 4.69) is 5.32 Å². The first-order chi connectivity index (χ1) is 14.5. The zero-order valence-corrected chi connectivity index (χ0v) is 18.7. The molecule has 1 amide bonds. The fourth-order valence-electron chi connectivity index (χ4n) is 2.85. The highest BCUT2D eigenvalue weighted by atomic mass is 35.5. The molecule has 1 aliphatic rings. The Morgan fingerprint density at radius 1 is 1.17 bits per heavy atom. The summed E-state index contributed by atoms with van der Waals surface area (Å²) in [7, 11) is -3.66. The van der Waals surface area contributed by atoms with E-state index in [1.165, 1.54) is 34.3 Å². The number of nitrogens with zero attached hydrogens (tertiary/aromatic N) is 1. The quantitative estimate of drug-likeness (QED) is 0.600. The second kappa shape index (κ2) is 11.0. The van der Waals surface area contributed by atoms with E-state index in [0.29, 0.717) is 37.1 Å². The van der Waals surface area contributed by atoms with Crippen molar-refractivity contribution in [1.29, 1.82) is 0 Å². The van der Waals surface area contributed by atoms with Crippen LogP contribution in [-0.4, -0.2) is 56.4 Å². The molecular formula is C21H23ClN2O4S2. The Kier molecular flexibility index (Phi) is 8.35. The van der Waals surface area contributed by atoms with Crippen LogP contribution in [0.1, 0.15) is 5.56 Å². The van der Waals surface area contributed by atoms with Crippen molar-refractivity contribution < 1.29 is 17.9 Å². The number of halogens is 1. The Labute approximate surface area is 186 Å². The van der Waals surface area contributed by atoms with Gasteiger partial charge in [0.2, 0.25) is 15.9 Å². The van der Waals surface area contributed by atoms with Crippen molar-refractivity contribution in [2.75, 3.05) is 43.1 Å². The average molecular weight is 467 g/mol. The van der Waals surface area contributed by atoms with E-state index in [4.69, 9.17) is 16.3 Å². The molecule has 0 aliphatic carbocycles. The highest BCUT2D eigenvalue weighted by molar-refractivity contribution is 8.00. The van der Waals surface area contributed by atoms with Gasteiger partial charge in [0.05, 0.1) is 34.6 Å². The highest BCUT2D eigenvalue weighted by Gasteiger charge is 2.27. The summed E-state index contributed by atoms with van der Waals surface area (Å²) in [4.78, 5) is 12.4. The summed E-state index contributed by atoms with van der Waals surface area (Å²) in [5, 5.41) is 3.00. The van der Waals surface area contributed by atoms with E-state index in [-0.39, 0.29) is 22.2 Å². The van der Waals surface area contributed by atoms with Crippen molar-refractivity contribution >= 4 is 51.1 Å². The van der Waals surface area contributed by atoms with Crippen LogP contribution in [0.3, 0.4) is 0 Å². The summed E-state index contributed by atoms with van der Waals surface area (Å²) in [6.07, 6.45) is 4.00. The molecule has 0 aromatic heterocycles. The molecule has 1 aliphatic heterocycles. The Balaban J connectivity index is 1.56. The summed E-state index contributed by atoms with van der Waals surface area (Å²) in [5.74, 6) is 0.674. The largest absolute Gasteiger partial charge is 0.379 e. The van der Waals surface area contributed by atoms with Crippen molar-refractivity contribution in [3.05, 3.63) is 65.2 Å². The molecule has 1 N–H and O–H groups in total. The molecule has 1 saturated heterocycles. The molecule has 2 aromatic carbocycles. The Morgan fingerprint density at radius 3 is 2.63 bits per heavy atom. The summed E-state index contributed by atoms with van der Waals surface area (Å²) in [6, 6.07) is 14.3. The highest BCUT2D eigenvalue weighted by Crippen LogP contribution is 2.27. The van der Waals surface area contributed by atoms with Gasteiger partial charge in [-0.1, -0.05) is 54.1 Å². The zero-order valence-electron chi connectivity index (χ0n) is 16.3. The normalized spacial score (nSPS) is 15.4. The van der Waals surface area contributed by atoms with Crippen molar-refractivity contribution in [2.45, 2.75) is 4.90 Å². The van der Waals surface area contributed by atoms with Gasteiger partial charge in [0.15, 0.2) is 0 Å². The van der Waals surface area contributed by atoms with Crippen molar-refractivity contribution in [3.8, 4) is 0 Å². The molecule has 1 heterocycles. The molecule has 2 aromatic rings. The van der Waals surface area contributed by atoms with Gasteiger partial charge in [-0.3, -0.25) is 4.79 Å². The molecule has 0 unspecified atom stereocenters. The molecule has 30 heavy (non-hydrogen) atoms. The van der Waals surface area contributed by atoms with Gasteiger partial charge in [0.1, 0.15) is 0 Å². The first-order valence-electron chi connectivity index (χ1n) is 9.43. The van der Waals surface area contributed by atoms with E-state index in [9.17, 15) is 13.2 Å². The van der Waals surface area contributed by atoms with E-state index >= 15 is 0 Å². The van der Waals surface area contributed by atoms with Crippen LogP contribution in [-0.2, 0) is 19.6 Å². The first-order valence-corrected chi connectivity index (χ1v) is 12.4. The van der Waals surface area contributed by atoms with Crippen LogP contribution in [0.15, 0.2) is 59.5 Å². The molecule has 0 spiro atoms. The maximum Gasteiger partial charge on any atom is 0.243 e. The predicted molar refractivity (Wildman–Crippen MR) is 122 cm³/mol. The number of ether oxygens (including phenoxy) is 1. The van der Waals surface area contributed by atoms with Crippen LogP contribution < -0.4 is 5.32 Å². The van der Waals surface area contributed by atoms with Gasteiger partial charge < -0.3 is 10.1 Å². The fraction of sp³-hybridized carbons (Fsp3) is 0.286. The molecule has 160 valence electrons. The lowest BCUT2D eigenvalue weighted by atomic mass is 10.2. The van der Waals surface area contributed by atoms with Crippen LogP contribution in [0.5, 0.6) is 0 Å². The lowest BCUT2D eigenvalue weighted by Crippen LogP contribution is -2.40. The number of benzene rings is 2. The number of thioether (sulfide) groups is 1. The number of morpholine rings is 1. The van der Waals surface area contributed by atoms with Gasteiger partial charge >= 0.3 is 0 Å². The van der Waals surface area contributed by atoms with E-state index in [1.807, 2.05) is 42.5 Å². The molecule has 0 bridgehead atoms. The van der Waals surface area contributed by atoms with Gasteiger partial charge in [0.25, 0.3) is 0 Å². The van der Waals surface area contributed by atoms with Gasteiger partial charge in [0, 0.05) is 18.8 Å². The minimum atomic E-state index is -3.66. The van der Waals surface area contributed by atoms with Crippen molar-refractivity contribution in [3.63, 3.8) is 0 Å². The van der Waals surface area contributed by atoms with E-state index < -0.39 is 10.0 Å². The summed E-state index contributed by atoms with van der Waals surface area (Å²) < 4.78 is 32.2. The molecule has 0 atom stereocenters. The minimum Gasteiger partial charge on any atom is -0.379 e. The molecule has 1 fully saturated rings. The third kappa shape index (κ3) is 6.33. The van der Waals surface area contributed by atoms with Gasteiger partial charge in [-0.2, -0.15) is 4.31 Å². The SMILES string of the molecule is O=C(CSCC=Cc1ccccc1)Nc1cc(S(=O)(=O)N2CCOCC2)ccc1Cl. The van der Waals surface area contributed by atoms with Crippen LogP contribution in [0.2, 0.25) is 5.02 Å².